The molecule has 0 fully saturated rings. The molecular weight excluding hydrogens is 239 g/mol. The van der Waals surface area contributed by atoms with Gasteiger partial charge in [-0.2, -0.15) is 0 Å². The fraction of sp³-hybridized carbons (Fsp3) is 0.333. The third-order valence-corrected chi connectivity index (χ3v) is 2.38. The second kappa shape index (κ2) is 6.70. The van der Waals surface area contributed by atoms with E-state index in [9.17, 15) is 14.0 Å². The van der Waals surface area contributed by atoms with Gasteiger partial charge in [-0.05, 0) is 31.2 Å². The molecule has 98 valence electrons. The van der Waals surface area contributed by atoms with Gasteiger partial charge in [0.1, 0.15) is 5.82 Å². The Morgan fingerprint density at radius 2 is 2.11 bits per heavy atom. The van der Waals surface area contributed by atoms with Crippen molar-refractivity contribution in [3.63, 3.8) is 0 Å². The summed E-state index contributed by atoms with van der Waals surface area (Å²) in [5.74, 6) is -1.93. The van der Waals surface area contributed by atoms with Gasteiger partial charge < -0.3 is 16.2 Å². The van der Waals surface area contributed by atoms with Gasteiger partial charge in [-0.1, -0.05) is 0 Å². The van der Waals surface area contributed by atoms with Crippen molar-refractivity contribution in [1.29, 1.82) is 0 Å². The zero-order valence-corrected chi connectivity index (χ0v) is 9.78. The summed E-state index contributed by atoms with van der Waals surface area (Å²) in [5, 5.41) is 11.7. The molecule has 0 saturated carbocycles. The molecule has 6 heteroatoms. The summed E-state index contributed by atoms with van der Waals surface area (Å²) < 4.78 is 13.4. The van der Waals surface area contributed by atoms with E-state index in [1.807, 2.05) is 0 Å². The van der Waals surface area contributed by atoms with Crippen LogP contribution in [-0.4, -0.2) is 23.5 Å². The van der Waals surface area contributed by atoms with E-state index < -0.39 is 11.8 Å². The Labute approximate surface area is 104 Å². The molecule has 0 spiro atoms. The maximum absolute atomic E-state index is 13.4. The number of aromatic carboxylic acids is 1. The van der Waals surface area contributed by atoms with Crippen LogP contribution in [0.3, 0.4) is 0 Å². The summed E-state index contributed by atoms with van der Waals surface area (Å²) in [6, 6.07) is 3.64. The summed E-state index contributed by atoms with van der Waals surface area (Å²) in [7, 11) is 0. The number of primary amides is 1. The third kappa shape index (κ3) is 4.50. The van der Waals surface area contributed by atoms with Gasteiger partial charge in [-0.3, -0.25) is 4.79 Å². The maximum atomic E-state index is 13.4. The van der Waals surface area contributed by atoms with Crippen molar-refractivity contribution in [2.45, 2.75) is 19.4 Å². The number of nitrogens with one attached hydrogen (secondary N) is 1. The molecule has 18 heavy (non-hydrogen) atoms. The number of rotatable bonds is 7. The van der Waals surface area contributed by atoms with E-state index in [0.717, 1.165) is 6.07 Å². The molecule has 0 aliphatic carbocycles. The van der Waals surface area contributed by atoms with Crippen LogP contribution in [-0.2, 0) is 11.3 Å². The topological polar surface area (TPSA) is 92.4 Å². The van der Waals surface area contributed by atoms with Gasteiger partial charge in [0.05, 0.1) is 5.56 Å². The Balaban J connectivity index is 2.48. The van der Waals surface area contributed by atoms with Crippen molar-refractivity contribution in [2.75, 3.05) is 6.54 Å². The van der Waals surface area contributed by atoms with Gasteiger partial charge in [0.25, 0.3) is 0 Å². The molecule has 1 rings (SSSR count). The third-order valence-electron chi connectivity index (χ3n) is 2.38. The number of nitrogens with two attached hydrogens (primary N) is 1. The minimum Gasteiger partial charge on any atom is -0.478 e. The average Bonchev–Trinajstić information content (AvgIpc) is 2.30. The molecule has 0 aromatic heterocycles. The molecule has 0 bridgehead atoms. The van der Waals surface area contributed by atoms with Crippen LogP contribution in [0.25, 0.3) is 0 Å². The summed E-state index contributed by atoms with van der Waals surface area (Å²) >= 11 is 0. The Morgan fingerprint density at radius 1 is 1.39 bits per heavy atom. The molecular formula is C12H15FN2O3. The monoisotopic (exact) mass is 254 g/mol. The van der Waals surface area contributed by atoms with Crippen molar-refractivity contribution in [3.8, 4) is 0 Å². The molecule has 1 aromatic rings. The van der Waals surface area contributed by atoms with E-state index >= 15 is 0 Å². The van der Waals surface area contributed by atoms with Crippen LogP contribution in [0.1, 0.15) is 28.8 Å². The Bertz CT molecular complexity index is 449. The molecule has 0 saturated heterocycles. The first kappa shape index (κ1) is 14.1. The largest absolute Gasteiger partial charge is 0.478 e. The summed E-state index contributed by atoms with van der Waals surface area (Å²) in [6.07, 6.45) is 0.834. The minimum atomic E-state index is -1.09. The summed E-state index contributed by atoms with van der Waals surface area (Å²) in [5.41, 5.74) is 5.30. The molecule has 0 atom stereocenters. The lowest BCUT2D eigenvalue weighted by Crippen LogP contribution is -2.19. The van der Waals surface area contributed by atoms with Crippen LogP contribution in [0, 0.1) is 5.82 Å². The Hall–Kier alpha value is -1.95. The van der Waals surface area contributed by atoms with Crippen molar-refractivity contribution < 1.29 is 19.1 Å². The molecule has 0 heterocycles. The predicted octanol–water partition coefficient (Wildman–Crippen LogP) is 0.879. The van der Waals surface area contributed by atoms with Gasteiger partial charge >= 0.3 is 5.97 Å². The second-order valence-corrected chi connectivity index (χ2v) is 3.86. The fourth-order valence-corrected chi connectivity index (χ4v) is 1.45. The lowest BCUT2D eigenvalue weighted by Gasteiger charge is -2.06. The zero-order valence-electron chi connectivity index (χ0n) is 9.78. The normalized spacial score (nSPS) is 10.3. The van der Waals surface area contributed by atoms with Crippen molar-refractivity contribution in [2.24, 2.45) is 5.73 Å². The highest BCUT2D eigenvalue weighted by Crippen LogP contribution is 2.10. The summed E-state index contributed by atoms with van der Waals surface area (Å²) in [6.45, 7) is 0.728. The first-order valence-electron chi connectivity index (χ1n) is 5.51. The SMILES string of the molecule is NC(=O)CCCNCc1cc(C(=O)O)ccc1F. The number of hydrogen-bond donors (Lipinski definition) is 3. The van der Waals surface area contributed by atoms with Crippen molar-refractivity contribution in [3.05, 3.63) is 35.1 Å². The van der Waals surface area contributed by atoms with Gasteiger partial charge in [0.2, 0.25) is 5.91 Å². The molecule has 4 N–H and O–H groups in total. The van der Waals surface area contributed by atoms with Crippen molar-refractivity contribution in [1.82, 2.24) is 5.32 Å². The molecule has 5 nitrogen and oxygen atoms in total. The quantitative estimate of drug-likeness (QED) is 0.630. The highest BCUT2D eigenvalue weighted by atomic mass is 19.1. The van der Waals surface area contributed by atoms with Crippen LogP contribution in [0.15, 0.2) is 18.2 Å². The van der Waals surface area contributed by atoms with E-state index in [1.54, 1.807) is 0 Å². The number of amides is 1. The molecule has 0 radical (unpaired) electrons. The zero-order chi connectivity index (χ0) is 13.5. The van der Waals surface area contributed by atoms with Crippen molar-refractivity contribution >= 4 is 11.9 Å². The highest BCUT2D eigenvalue weighted by Gasteiger charge is 2.07. The predicted molar refractivity (Wildman–Crippen MR) is 63.5 cm³/mol. The number of carboxylic acids is 1. The highest BCUT2D eigenvalue weighted by molar-refractivity contribution is 5.87. The van der Waals surface area contributed by atoms with Crippen LogP contribution < -0.4 is 11.1 Å². The first-order chi connectivity index (χ1) is 8.50. The first-order valence-corrected chi connectivity index (χ1v) is 5.51. The van der Waals surface area contributed by atoms with E-state index in [-0.39, 0.29) is 30.0 Å². The average molecular weight is 254 g/mol. The number of hydrogen-bond acceptors (Lipinski definition) is 3. The number of carbonyl (C=O) groups excluding carboxylic acids is 1. The van der Waals surface area contributed by atoms with Crippen LogP contribution in [0.4, 0.5) is 4.39 Å². The van der Waals surface area contributed by atoms with E-state index in [4.69, 9.17) is 10.8 Å². The van der Waals surface area contributed by atoms with Gasteiger partial charge in [0, 0.05) is 18.5 Å². The maximum Gasteiger partial charge on any atom is 0.335 e. The van der Waals surface area contributed by atoms with E-state index in [2.05, 4.69) is 5.32 Å². The number of halogens is 1. The molecule has 0 aliphatic heterocycles. The Kier molecular flexibility index (Phi) is 5.26. The lowest BCUT2D eigenvalue weighted by atomic mass is 10.1. The number of carbonyl (C=O) groups is 2. The van der Waals surface area contributed by atoms with Gasteiger partial charge in [-0.15, -0.1) is 0 Å². The molecule has 1 amide bonds. The number of benzene rings is 1. The Morgan fingerprint density at radius 3 is 2.72 bits per heavy atom. The van der Waals surface area contributed by atoms with Gasteiger partial charge in [0.15, 0.2) is 0 Å². The standard InChI is InChI=1S/C12H15FN2O3/c13-10-4-3-8(12(17)18)6-9(10)7-15-5-1-2-11(14)16/h3-4,6,15H,1-2,5,7H2,(H2,14,16)(H,17,18). The number of carboxylic acid groups (broad SMARTS) is 1. The van der Waals surface area contributed by atoms with Crippen LogP contribution >= 0.6 is 0 Å². The molecule has 1 aromatic carbocycles. The molecule has 0 aliphatic rings. The van der Waals surface area contributed by atoms with Crippen LogP contribution in [0.5, 0.6) is 0 Å². The van der Waals surface area contributed by atoms with Crippen LogP contribution in [0.2, 0.25) is 0 Å². The van der Waals surface area contributed by atoms with E-state index in [0.29, 0.717) is 13.0 Å². The van der Waals surface area contributed by atoms with Gasteiger partial charge in [-0.25, -0.2) is 9.18 Å². The minimum absolute atomic E-state index is 0.0466. The fourth-order valence-electron chi connectivity index (χ4n) is 1.45. The van der Waals surface area contributed by atoms with E-state index in [1.165, 1.54) is 12.1 Å². The smallest absolute Gasteiger partial charge is 0.335 e. The summed E-state index contributed by atoms with van der Waals surface area (Å²) in [4.78, 5) is 21.2. The second-order valence-electron chi connectivity index (χ2n) is 3.86. The lowest BCUT2D eigenvalue weighted by molar-refractivity contribution is -0.118. The molecule has 0 unspecified atom stereocenters.